The molecule has 2 rings (SSSR count). The Kier molecular flexibility index (Phi) is 4.88. The maximum absolute atomic E-state index is 12.1. The van der Waals surface area contributed by atoms with Gasteiger partial charge in [0.05, 0.1) is 0 Å². The van der Waals surface area contributed by atoms with Crippen molar-refractivity contribution in [3.8, 4) is 11.4 Å². The molecule has 1 atom stereocenters. The first-order valence-corrected chi connectivity index (χ1v) is 6.88. The number of nitrogens with one attached hydrogen (secondary N) is 1. The zero-order chi connectivity index (χ0) is 16.1. The average molecular weight is 303 g/mol. The van der Waals surface area contributed by atoms with Crippen LogP contribution in [-0.2, 0) is 4.79 Å². The minimum atomic E-state index is -1.04. The molecule has 2 aromatic rings. The van der Waals surface area contributed by atoms with E-state index in [1.54, 1.807) is 24.3 Å². The predicted octanol–water partition coefficient (Wildman–Crippen LogP) is 1.97. The van der Waals surface area contributed by atoms with Crippen molar-refractivity contribution in [3.05, 3.63) is 36.2 Å². The van der Waals surface area contributed by atoms with E-state index in [4.69, 9.17) is 5.11 Å². The molecule has 0 fully saturated rings. The first kappa shape index (κ1) is 15.7. The molecule has 1 heterocycles. The second-order valence-electron chi connectivity index (χ2n) is 5.33. The molecule has 0 aliphatic carbocycles. The summed E-state index contributed by atoms with van der Waals surface area (Å²) in [4.78, 5) is 27.2. The molecule has 0 spiro atoms. The lowest BCUT2D eigenvalue weighted by Crippen LogP contribution is -2.41. The molecule has 7 nitrogen and oxygen atoms in total. The van der Waals surface area contributed by atoms with Gasteiger partial charge in [0.15, 0.2) is 0 Å². The molecule has 22 heavy (non-hydrogen) atoms. The number of hydrogen-bond donors (Lipinski definition) is 2. The summed E-state index contributed by atoms with van der Waals surface area (Å²) in [6, 6.07) is 5.64. The van der Waals surface area contributed by atoms with Crippen LogP contribution in [0.1, 0.15) is 30.6 Å². The average Bonchev–Trinajstić information content (AvgIpc) is 3.00. The third kappa shape index (κ3) is 3.91. The minimum absolute atomic E-state index is 0.169. The molecule has 7 heteroatoms. The van der Waals surface area contributed by atoms with Gasteiger partial charge in [-0.25, -0.2) is 4.79 Å². The fourth-order valence-electron chi connectivity index (χ4n) is 2.00. The van der Waals surface area contributed by atoms with Crippen LogP contribution < -0.4 is 5.32 Å². The summed E-state index contributed by atoms with van der Waals surface area (Å²) in [6.45, 7) is 3.81. The summed E-state index contributed by atoms with van der Waals surface area (Å²) in [5.74, 6) is -0.865. The molecule has 116 valence electrons. The highest BCUT2D eigenvalue weighted by Gasteiger charge is 2.21. The summed E-state index contributed by atoms with van der Waals surface area (Å²) in [5.41, 5.74) is 1.09. The van der Waals surface area contributed by atoms with E-state index < -0.39 is 17.9 Å². The van der Waals surface area contributed by atoms with Crippen molar-refractivity contribution >= 4 is 11.9 Å². The van der Waals surface area contributed by atoms with Crippen molar-refractivity contribution < 1.29 is 19.2 Å². The molecular formula is C15H17N3O4. The van der Waals surface area contributed by atoms with E-state index in [-0.39, 0.29) is 5.92 Å². The number of benzene rings is 1. The number of carboxylic acids is 1. The predicted molar refractivity (Wildman–Crippen MR) is 78.1 cm³/mol. The molecule has 0 bridgehead atoms. The summed E-state index contributed by atoms with van der Waals surface area (Å²) in [5, 5.41) is 15.4. The molecule has 0 aliphatic rings. The number of rotatable bonds is 6. The number of nitrogens with zero attached hydrogens (tertiary/aromatic N) is 2. The molecule has 1 aromatic heterocycles. The van der Waals surface area contributed by atoms with Crippen LogP contribution in [0.5, 0.6) is 0 Å². The summed E-state index contributed by atoms with van der Waals surface area (Å²) >= 11 is 0. The highest BCUT2D eigenvalue weighted by Crippen LogP contribution is 2.15. The first-order valence-electron chi connectivity index (χ1n) is 6.88. The molecular weight excluding hydrogens is 286 g/mol. The van der Waals surface area contributed by atoms with Gasteiger partial charge in [0.1, 0.15) is 6.04 Å². The van der Waals surface area contributed by atoms with Gasteiger partial charge in [-0.2, -0.15) is 4.98 Å². The number of aromatic nitrogens is 2. The Bertz CT molecular complexity index is 635. The number of carbonyl (C=O) groups is 2. The van der Waals surface area contributed by atoms with Gasteiger partial charge in [-0.3, -0.25) is 4.79 Å². The SMILES string of the molecule is CC(C)C[C@H](NC(=O)c1ccc(-c2ncon2)cc1)C(=O)O. The third-order valence-corrected chi connectivity index (χ3v) is 3.08. The standard InChI is InChI=1S/C15H17N3O4/c1-9(2)7-12(15(20)21)17-14(19)11-5-3-10(4-6-11)13-16-8-22-18-13/h3-6,8-9,12H,7H2,1-2H3,(H,17,19)(H,20,21)/t12-/m0/s1. The van der Waals surface area contributed by atoms with Gasteiger partial charge >= 0.3 is 5.97 Å². The third-order valence-electron chi connectivity index (χ3n) is 3.08. The van der Waals surface area contributed by atoms with Gasteiger partial charge in [0.2, 0.25) is 12.2 Å². The van der Waals surface area contributed by atoms with E-state index in [9.17, 15) is 9.59 Å². The monoisotopic (exact) mass is 303 g/mol. The van der Waals surface area contributed by atoms with Crippen molar-refractivity contribution in [1.82, 2.24) is 15.5 Å². The number of carboxylic acid groups (broad SMARTS) is 1. The van der Waals surface area contributed by atoms with Gasteiger partial charge in [0, 0.05) is 11.1 Å². The fraction of sp³-hybridized carbons (Fsp3) is 0.333. The van der Waals surface area contributed by atoms with Crippen LogP contribution in [0.4, 0.5) is 0 Å². The molecule has 0 saturated carbocycles. The topological polar surface area (TPSA) is 105 Å². The summed E-state index contributed by atoms with van der Waals surface area (Å²) in [7, 11) is 0. The van der Waals surface area contributed by atoms with Gasteiger partial charge < -0.3 is 14.9 Å². The Balaban J connectivity index is 2.07. The van der Waals surface area contributed by atoms with Crippen LogP contribution in [0, 0.1) is 5.92 Å². The van der Waals surface area contributed by atoms with Crippen LogP contribution in [0.15, 0.2) is 35.2 Å². The lowest BCUT2D eigenvalue weighted by Gasteiger charge is -2.16. The van der Waals surface area contributed by atoms with E-state index in [0.29, 0.717) is 23.4 Å². The Morgan fingerprint density at radius 2 is 1.95 bits per heavy atom. The van der Waals surface area contributed by atoms with Crippen LogP contribution in [0.3, 0.4) is 0 Å². The molecule has 0 aliphatic heterocycles. The maximum atomic E-state index is 12.1. The van der Waals surface area contributed by atoms with E-state index in [2.05, 4.69) is 20.0 Å². The number of carbonyl (C=O) groups excluding carboxylic acids is 1. The minimum Gasteiger partial charge on any atom is -0.480 e. The van der Waals surface area contributed by atoms with Gasteiger partial charge in [0.25, 0.3) is 5.91 Å². The number of amides is 1. The van der Waals surface area contributed by atoms with Gasteiger partial charge in [-0.05, 0) is 24.5 Å². The maximum Gasteiger partial charge on any atom is 0.326 e. The normalized spacial score (nSPS) is 12.1. The summed E-state index contributed by atoms with van der Waals surface area (Å²) in [6.07, 6.45) is 1.60. The second-order valence-corrected chi connectivity index (χ2v) is 5.33. The van der Waals surface area contributed by atoms with E-state index in [1.165, 1.54) is 6.39 Å². The smallest absolute Gasteiger partial charge is 0.326 e. The fourth-order valence-corrected chi connectivity index (χ4v) is 2.00. The van der Waals surface area contributed by atoms with Crippen LogP contribution >= 0.6 is 0 Å². The quantitative estimate of drug-likeness (QED) is 0.845. The molecule has 2 N–H and O–H groups in total. The van der Waals surface area contributed by atoms with Crippen LogP contribution in [-0.4, -0.2) is 33.2 Å². The van der Waals surface area contributed by atoms with E-state index in [1.807, 2.05) is 13.8 Å². The van der Waals surface area contributed by atoms with Crippen LogP contribution in [0.25, 0.3) is 11.4 Å². The Labute approximate surface area is 127 Å². The molecule has 0 radical (unpaired) electrons. The Morgan fingerprint density at radius 3 is 2.45 bits per heavy atom. The van der Waals surface area contributed by atoms with E-state index in [0.717, 1.165) is 0 Å². The zero-order valence-electron chi connectivity index (χ0n) is 12.3. The van der Waals surface area contributed by atoms with Crippen molar-refractivity contribution in [2.45, 2.75) is 26.3 Å². The van der Waals surface area contributed by atoms with E-state index >= 15 is 0 Å². The molecule has 0 saturated heterocycles. The van der Waals surface area contributed by atoms with Gasteiger partial charge in [-0.15, -0.1) is 0 Å². The van der Waals surface area contributed by atoms with Crippen molar-refractivity contribution in [1.29, 1.82) is 0 Å². The van der Waals surface area contributed by atoms with Crippen LogP contribution in [0.2, 0.25) is 0 Å². The van der Waals surface area contributed by atoms with Crippen molar-refractivity contribution in [2.24, 2.45) is 5.92 Å². The molecule has 1 aromatic carbocycles. The Hall–Kier alpha value is -2.70. The molecule has 0 unspecified atom stereocenters. The second kappa shape index (κ2) is 6.84. The first-order chi connectivity index (χ1) is 10.5. The number of hydrogen-bond acceptors (Lipinski definition) is 5. The zero-order valence-corrected chi connectivity index (χ0v) is 12.3. The largest absolute Gasteiger partial charge is 0.480 e. The Morgan fingerprint density at radius 1 is 1.27 bits per heavy atom. The lowest BCUT2D eigenvalue weighted by molar-refractivity contribution is -0.139. The van der Waals surface area contributed by atoms with Crippen molar-refractivity contribution in [3.63, 3.8) is 0 Å². The highest BCUT2D eigenvalue weighted by atomic mass is 16.5. The van der Waals surface area contributed by atoms with Gasteiger partial charge in [-0.1, -0.05) is 31.1 Å². The highest BCUT2D eigenvalue weighted by molar-refractivity contribution is 5.96. The molecule has 1 amide bonds. The lowest BCUT2D eigenvalue weighted by atomic mass is 10.0. The van der Waals surface area contributed by atoms with Crippen molar-refractivity contribution in [2.75, 3.05) is 0 Å². The summed E-state index contributed by atoms with van der Waals surface area (Å²) < 4.78 is 4.66. The number of aliphatic carboxylic acids is 1.